The van der Waals surface area contributed by atoms with Crippen molar-refractivity contribution in [1.29, 1.82) is 0 Å². The highest BCUT2D eigenvalue weighted by molar-refractivity contribution is 7.15. The van der Waals surface area contributed by atoms with Gasteiger partial charge in [-0.1, -0.05) is 19.1 Å². The maximum Gasteiger partial charge on any atom is 0.274 e. The summed E-state index contributed by atoms with van der Waals surface area (Å²) in [6, 6.07) is 8.04. The molecule has 0 N–H and O–H groups in total. The van der Waals surface area contributed by atoms with Gasteiger partial charge in [-0.05, 0) is 49.8 Å². The molecule has 32 heavy (non-hydrogen) atoms. The zero-order valence-electron chi connectivity index (χ0n) is 18.5. The number of carbonyl (C=O) groups excluding carboxylic acids is 1. The lowest BCUT2D eigenvalue weighted by atomic mass is 9.87. The van der Waals surface area contributed by atoms with Crippen LogP contribution in [0.15, 0.2) is 36.5 Å². The van der Waals surface area contributed by atoms with E-state index in [2.05, 4.69) is 21.9 Å². The van der Waals surface area contributed by atoms with Gasteiger partial charge in [0.25, 0.3) is 5.91 Å². The molecular formula is C24H27FN4O2S. The molecule has 2 atom stereocenters. The summed E-state index contributed by atoms with van der Waals surface area (Å²) in [5.74, 6) is 1.27. The minimum absolute atomic E-state index is 0.0585. The van der Waals surface area contributed by atoms with E-state index in [0.29, 0.717) is 36.3 Å². The Hall–Kier alpha value is -2.87. The number of aryl methyl sites for hydroxylation is 2. The van der Waals surface area contributed by atoms with Crippen molar-refractivity contribution in [2.75, 3.05) is 13.7 Å². The second kappa shape index (κ2) is 9.73. The van der Waals surface area contributed by atoms with Crippen molar-refractivity contribution in [1.82, 2.24) is 19.9 Å². The van der Waals surface area contributed by atoms with Crippen LogP contribution in [-0.4, -0.2) is 45.5 Å². The quantitative estimate of drug-likeness (QED) is 0.528. The van der Waals surface area contributed by atoms with E-state index in [0.717, 1.165) is 34.7 Å². The summed E-state index contributed by atoms with van der Waals surface area (Å²) in [5, 5.41) is 0.819. The number of amides is 1. The lowest BCUT2D eigenvalue weighted by Gasteiger charge is -2.40. The normalized spacial score (nSPS) is 18.6. The smallest absolute Gasteiger partial charge is 0.274 e. The van der Waals surface area contributed by atoms with E-state index in [9.17, 15) is 9.18 Å². The summed E-state index contributed by atoms with van der Waals surface area (Å²) < 4.78 is 18.6. The summed E-state index contributed by atoms with van der Waals surface area (Å²) >= 11 is 1.47. The molecule has 0 bridgehead atoms. The summed E-state index contributed by atoms with van der Waals surface area (Å²) in [7, 11) is 1.59. The number of ether oxygens (including phenoxy) is 1. The highest BCUT2D eigenvalue weighted by Gasteiger charge is 2.34. The molecule has 1 aromatic carbocycles. The molecule has 1 fully saturated rings. The molecule has 6 nitrogen and oxygen atoms in total. The zero-order chi connectivity index (χ0) is 22.7. The van der Waals surface area contributed by atoms with E-state index >= 15 is 0 Å². The molecule has 1 unspecified atom stereocenters. The van der Waals surface area contributed by atoms with Gasteiger partial charge in [-0.25, -0.2) is 14.4 Å². The van der Waals surface area contributed by atoms with Crippen molar-refractivity contribution in [3.8, 4) is 16.3 Å². The second-order valence-corrected chi connectivity index (χ2v) is 9.36. The van der Waals surface area contributed by atoms with E-state index in [4.69, 9.17) is 4.74 Å². The standard InChI is InChI=1S/C24H27FN4O2S/c1-15-5-4-14-29(19(15)10-11-20-26-13-12-21(28-20)31-3)24(30)22-23(32-16(2)27-22)17-6-8-18(25)9-7-17/h6-9,12-13,15,19H,4-5,10-11,14H2,1-3H3/t15-,19?/m1/s1. The summed E-state index contributed by atoms with van der Waals surface area (Å²) in [6.07, 6.45) is 5.18. The maximum absolute atomic E-state index is 13.7. The van der Waals surface area contributed by atoms with Crippen LogP contribution in [0.25, 0.3) is 10.4 Å². The first-order chi connectivity index (χ1) is 15.5. The van der Waals surface area contributed by atoms with E-state index in [-0.39, 0.29) is 17.8 Å². The zero-order valence-corrected chi connectivity index (χ0v) is 19.4. The summed E-state index contributed by atoms with van der Waals surface area (Å²) in [4.78, 5) is 29.8. The minimum atomic E-state index is -0.299. The van der Waals surface area contributed by atoms with Gasteiger partial charge < -0.3 is 9.64 Å². The van der Waals surface area contributed by atoms with Crippen LogP contribution in [0, 0.1) is 18.7 Å². The van der Waals surface area contributed by atoms with Crippen molar-refractivity contribution >= 4 is 17.2 Å². The molecule has 8 heteroatoms. The number of benzene rings is 1. The van der Waals surface area contributed by atoms with Crippen molar-refractivity contribution < 1.29 is 13.9 Å². The van der Waals surface area contributed by atoms with E-state index in [1.807, 2.05) is 11.8 Å². The van der Waals surface area contributed by atoms with Crippen LogP contribution in [0.5, 0.6) is 5.88 Å². The third kappa shape index (κ3) is 4.80. The summed E-state index contributed by atoms with van der Waals surface area (Å²) in [6.45, 7) is 4.79. The Morgan fingerprint density at radius 3 is 2.78 bits per heavy atom. The van der Waals surface area contributed by atoms with Crippen LogP contribution >= 0.6 is 11.3 Å². The fourth-order valence-electron chi connectivity index (χ4n) is 4.34. The lowest BCUT2D eigenvalue weighted by Crippen LogP contribution is -2.48. The molecule has 4 rings (SSSR count). The third-order valence-corrected chi connectivity index (χ3v) is 6.99. The number of carbonyl (C=O) groups is 1. The van der Waals surface area contributed by atoms with Gasteiger partial charge in [0.05, 0.1) is 17.0 Å². The number of methoxy groups -OCH3 is 1. The molecule has 1 saturated heterocycles. The number of likely N-dealkylation sites (tertiary alicyclic amines) is 1. The van der Waals surface area contributed by atoms with Gasteiger partial charge in [0.15, 0.2) is 0 Å². The first-order valence-electron chi connectivity index (χ1n) is 10.9. The third-order valence-electron chi connectivity index (χ3n) is 5.97. The Bertz CT molecular complexity index is 1090. The van der Waals surface area contributed by atoms with Gasteiger partial charge in [0, 0.05) is 31.3 Å². The Morgan fingerprint density at radius 2 is 2.03 bits per heavy atom. The predicted octanol–water partition coefficient (Wildman–Crippen LogP) is 4.93. The number of aromatic nitrogens is 3. The van der Waals surface area contributed by atoms with Crippen LogP contribution in [0.4, 0.5) is 4.39 Å². The molecule has 0 radical (unpaired) electrons. The number of nitrogens with zero attached hydrogens (tertiary/aromatic N) is 4. The van der Waals surface area contributed by atoms with Gasteiger partial charge in [-0.15, -0.1) is 11.3 Å². The van der Waals surface area contributed by atoms with Gasteiger partial charge in [-0.3, -0.25) is 4.79 Å². The molecule has 1 aliphatic rings. The Labute approximate surface area is 191 Å². The Morgan fingerprint density at radius 1 is 1.25 bits per heavy atom. The highest BCUT2D eigenvalue weighted by atomic mass is 32.1. The van der Waals surface area contributed by atoms with Crippen LogP contribution in [0.1, 0.15) is 47.5 Å². The number of hydrogen-bond donors (Lipinski definition) is 0. The molecule has 168 valence electrons. The maximum atomic E-state index is 13.7. The number of rotatable bonds is 6. The highest BCUT2D eigenvalue weighted by Crippen LogP contribution is 2.34. The number of thiazole rings is 1. The largest absolute Gasteiger partial charge is 0.481 e. The summed E-state index contributed by atoms with van der Waals surface area (Å²) in [5.41, 5.74) is 1.27. The number of halogens is 1. The SMILES string of the molecule is COc1ccnc(CCC2[C@H](C)CCCN2C(=O)c2nc(C)sc2-c2ccc(F)cc2)n1. The molecular weight excluding hydrogens is 427 g/mol. The molecule has 0 aliphatic carbocycles. The fraction of sp³-hybridized carbons (Fsp3) is 0.417. The topological polar surface area (TPSA) is 68.2 Å². The lowest BCUT2D eigenvalue weighted by molar-refractivity contribution is 0.0494. The predicted molar refractivity (Wildman–Crippen MR) is 122 cm³/mol. The van der Waals surface area contributed by atoms with Crippen molar-refractivity contribution in [2.24, 2.45) is 5.92 Å². The average Bonchev–Trinajstić information content (AvgIpc) is 3.20. The Balaban J connectivity index is 1.58. The molecule has 3 aromatic rings. The Kier molecular flexibility index (Phi) is 6.79. The number of piperidine rings is 1. The van der Waals surface area contributed by atoms with Gasteiger partial charge in [-0.2, -0.15) is 4.98 Å². The molecule has 3 heterocycles. The number of hydrogen-bond acceptors (Lipinski definition) is 6. The molecule has 2 aromatic heterocycles. The second-order valence-electron chi connectivity index (χ2n) is 8.16. The molecule has 1 amide bonds. The first-order valence-corrected chi connectivity index (χ1v) is 11.7. The van der Waals surface area contributed by atoms with Crippen molar-refractivity contribution in [3.63, 3.8) is 0 Å². The van der Waals surface area contributed by atoms with Gasteiger partial charge in [0.2, 0.25) is 5.88 Å². The van der Waals surface area contributed by atoms with Crippen LogP contribution in [0.2, 0.25) is 0 Å². The van der Waals surface area contributed by atoms with E-state index in [1.54, 1.807) is 31.5 Å². The van der Waals surface area contributed by atoms with E-state index in [1.165, 1.54) is 23.5 Å². The van der Waals surface area contributed by atoms with Crippen LogP contribution in [-0.2, 0) is 6.42 Å². The van der Waals surface area contributed by atoms with Crippen LogP contribution in [0.3, 0.4) is 0 Å². The van der Waals surface area contributed by atoms with Crippen molar-refractivity contribution in [3.05, 3.63) is 58.9 Å². The van der Waals surface area contributed by atoms with Crippen molar-refractivity contribution in [2.45, 2.75) is 45.6 Å². The molecule has 1 aliphatic heterocycles. The fourth-order valence-corrected chi connectivity index (χ4v) is 5.25. The average molecular weight is 455 g/mol. The first kappa shape index (κ1) is 22.3. The van der Waals surface area contributed by atoms with Gasteiger partial charge >= 0.3 is 0 Å². The minimum Gasteiger partial charge on any atom is -0.481 e. The van der Waals surface area contributed by atoms with E-state index < -0.39 is 0 Å². The van der Waals surface area contributed by atoms with Gasteiger partial charge in [0.1, 0.15) is 17.3 Å². The molecule has 0 spiro atoms. The van der Waals surface area contributed by atoms with Crippen LogP contribution < -0.4 is 4.74 Å². The monoisotopic (exact) mass is 454 g/mol. The molecule has 0 saturated carbocycles.